The summed E-state index contributed by atoms with van der Waals surface area (Å²) in [6.45, 7) is 1.63. The lowest BCUT2D eigenvalue weighted by molar-refractivity contribution is -0.120. The molecule has 0 heterocycles. The number of benzene rings is 1. The van der Waals surface area contributed by atoms with Gasteiger partial charge in [0.25, 0.3) is 0 Å². The standard InChI is InChI=1S/C16H26N4O4/c1-17-16(20-11-15(21)18-7-8-22-2)19-10-12-5-6-13(23-3)14(9-12)24-4/h5-6,9H,7-8,10-11H2,1-4H3,(H,18,21)(H2,17,19,20). The Kier molecular flexibility index (Phi) is 9.06. The lowest BCUT2D eigenvalue weighted by Crippen LogP contribution is -2.43. The molecule has 1 aromatic carbocycles. The third kappa shape index (κ3) is 6.74. The van der Waals surface area contributed by atoms with Crippen LogP contribution >= 0.6 is 0 Å². The largest absolute Gasteiger partial charge is 0.493 e. The summed E-state index contributed by atoms with van der Waals surface area (Å²) in [4.78, 5) is 15.7. The van der Waals surface area contributed by atoms with Gasteiger partial charge in [-0.2, -0.15) is 0 Å². The molecule has 0 bridgehead atoms. The zero-order valence-corrected chi connectivity index (χ0v) is 14.6. The second-order valence-corrected chi connectivity index (χ2v) is 4.81. The lowest BCUT2D eigenvalue weighted by Gasteiger charge is -2.13. The highest BCUT2D eigenvalue weighted by atomic mass is 16.5. The minimum atomic E-state index is -0.124. The van der Waals surface area contributed by atoms with E-state index in [2.05, 4.69) is 20.9 Å². The van der Waals surface area contributed by atoms with Gasteiger partial charge < -0.3 is 30.2 Å². The first-order valence-electron chi connectivity index (χ1n) is 7.55. The Labute approximate surface area is 142 Å². The highest BCUT2D eigenvalue weighted by Gasteiger charge is 2.06. The van der Waals surface area contributed by atoms with Crippen LogP contribution in [0.5, 0.6) is 11.5 Å². The Bertz CT molecular complexity index is 549. The lowest BCUT2D eigenvalue weighted by atomic mass is 10.2. The SMILES string of the molecule is CN=C(NCC(=O)NCCOC)NCc1ccc(OC)c(OC)c1. The number of hydrogen-bond donors (Lipinski definition) is 3. The second kappa shape index (κ2) is 11.1. The van der Waals surface area contributed by atoms with E-state index >= 15 is 0 Å². The number of methoxy groups -OCH3 is 3. The van der Waals surface area contributed by atoms with Gasteiger partial charge >= 0.3 is 0 Å². The fourth-order valence-corrected chi connectivity index (χ4v) is 1.92. The molecule has 3 N–H and O–H groups in total. The first-order valence-corrected chi connectivity index (χ1v) is 7.55. The molecular formula is C16H26N4O4. The molecule has 0 aromatic heterocycles. The van der Waals surface area contributed by atoms with Crippen molar-refractivity contribution in [2.45, 2.75) is 6.54 Å². The summed E-state index contributed by atoms with van der Waals surface area (Å²) in [5, 5.41) is 8.81. The summed E-state index contributed by atoms with van der Waals surface area (Å²) in [5.74, 6) is 1.75. The van der Waals surface area contributed by atoms with E-state index in [9.17, 15) is 4.79 Å². The summed E-state index contributed by atoms with van der Waals surface area (Å²) in [7, 11) is 6.42. The van der Waals surface area contributed by atoms with E-state index in [1.807, 2.05) is 18.2 Å². The topological polar surface area (TPSA) is 93.2 Å². The van der Waals surface area contributed by atoms with E-state index in [-0.39, 0.29) is 12.5 Å². The maximum atomic E-state index is 11.6. The van der Waals surface area contributed by atoms with Gasteiger partial charge in [0, 0.05) is 27.2 Å². The van der Waals surface area contributed by atoms with E-state index < -0.39 is 0 Å². The average Bonchev–Trinajstić information content (AvgIpc) is 2.61. The first-order chi connectivity index (χ1) is 11.6. The van der Waals surface area contributed by atoms with Crippen molar-refractivity contribution in [1.82, 2.24) is 16.0 Å². The van der Waals surface area contributed by atoms with Crippen LogP contribution in [0.1, 0.15) is 5.56 Å². The van der Waals surface area contributed by atoms with Crippen molar-refractivity contribution < 1.29 is 19.0 Å². The average molecular weight is 338 g/mol. The van der Waals surface area contributed by atoms with Gasteiger partial charge in [-0.1, -0.05) is 6.07 Å². The molecule has 0 aliphatic carbocycles. The number of hydrogen-bond acceptors (Lipinski definition) is 5. The number of ether oxygens (including phenoxy) is 3. The maximum absolute atomic E-state index is 11.6. The molecule has 0 saturated carbocycles. The normalized spacial score (nSPS) is 10.9. The van der Waals surface area contributed by atoms with Crippen LogP contribution in [0.15, 0.2) is 23.2 Å². The molecule has 1 rings (SSSR count). The first kappa shape index (κ1) is 19.6. The Morgan fingerprint density at radius 1 is 1.08 bits per heavy atom. The number of amides is 1. The summed E-state index contributed by atoms with van der Waals surface area (Å²) >= 11 is 0. The molecule has 0 aliphatic rings. The van der Waals surface area contributed by atoms with Gasteiger partial charge in [-0.15, -0.1) is 0 Å². The predicted octanol–water partition coefficient (Wildman–Crippen LogP) is 0.131. The Balaban J connectivity index is 2.45. The Morgan fingerprint density at radius 3 is 2.46 bits per heavy atom. The van der Waals surface area contributed by atoms with E-state index in [1.54, 1.807) is 28.4 Å². The fourth-order valence-electron chi connectivity index (χ4n) is 1.92. The third-order valence-corrected chi connectivity index (χ3v) is 3.18. The van der Waals surface area contributed by atoms with Gasteiger partial charge in [0.15, 0.2) is 17.5 Å². The molecule has 8 heteroatoms. The maximum Gasteiger partial charge on any atom is 0.239 e. The predicted molar refractivity (Wildman–Crippen MR) is 92.6 cm³/mol. The highest BCUT2D eigenvalue weighted by Crippen LogP contribution is 2.27. The molecular weight excluding hydrogens is 312 g/mol. The fraction of sp³-hybridized carbons (Fsp3) is 0.500. The number of nitrogens with one attached hydrogen (secondary N) is 3. The second-order valence-electron chi connectivity index (χ2n) is 4.81. The number of nitrogens with zero attached hydrogens (tertiary/aromatic N) is 1. The van der Waals surface area contributed by atoms with Crippen molar-refractivity contribution in [3.8, 4) is 11.5 Å². The molecule has 24 heavy (non-hydrogen) atoms. The van der Waals surface area contributed by atoms with Crippen molar-refractivity contribution in [3.05, 3.63) is 23.8 Å². The van der Waals surface area contributed by atoms with Crippen LogP contribution in [0.25, 0.3) is 0 Å². The summed E-state index contributed by atoms with van der Waals surface area (Å²) < 4.78 is 15.4. The number of guanidine groups is 1. The number of carbonyl (C=O) groups is 1. The minimum Gasteiger partial charge on any atom is -0.493 e. The number of aliphatic imine (C=N–C) groups is 1. The Hall–Kier alpha value is -2.48. The van der Waals surface area contributed by atoms with Gasteiger partial charge in [-0.05, 0) is 17.7 Å². The van der Waals surface area contributed by atoms with Crippen LogP contribution in [0.2, 0.25) is 0 Å². The van der Waals surface area contributed by atoms with E-state index in [4.69, 9.17) is 14.2 Å². The van der Waals surface area contributed by atoms with Crippen LogP contribution in [-0.4, -0.2) is 59.9 Å². The zero-order chi connectivity index (χ0) is 17.8. The monoisotopic (exact) mass is 338 g/mol. The molecule has 134 valence electrons. The summed E-state index contributed by atoms with van der Waals surface area (Å²) in [5.41, 5.74) is 1.00. The zero-order valence-electron chi connectivity index (χ0n) is 14.6. The van der Waals surface area contributed by atoms with Crippen LogP contribution in [0.4, 0.5) is 0 Å². The van der Waals surface area contributed by atoms with Crippen LogP contribution in [0, 0.1) is 0 Å². The quantitative estimate of drug-likeness (QED) is 0.337. The van der Waals surface area contributed by atoms with Crippen molar-refractivity contribution in [2.75, 3.05) is 48.1 Å². The molecule has 0 atom stereocenters. The molecule has 0 fully saturated rings. The van der Waals surface area contributed by atoms with E-state index in [0.717, 1.165) is 5.56 Å². The van der Waals surface area contributed by atoms with Gasteiger partial charge in [0.2, 0.25) is 5.91 Å². The molecule has 0 unspecified atom stereocenters. The molecule has 8 nitrogen and oxygen atoms in total. The van der Waals surface area contributed by atoms with E-state index in [0.29, 0.717) is 37.2 Å². The molecule has 0 aliphatic heterocycles. The number of carbonyl (C=O) groups excluding carboxylic acids is 1. The number of rotatable bonds is 9. The van der Waals surface area contributed by atoms with Crippen molar-refractivity contribution >= 4 is 11.9 Å². The van der Waals surface area contributed by atoms with E-state index in [1.165, 1.54) is 0 Å². The third-order valence-electron chi connectivity index (χ3n) is 3.18. The smallest absolute Gasteiger partial charge is 0.239 e. The molecule has 0 radical (unpaired) electrons. The summed E-state index contributed by atoms with van der Waals surface area (Å²) in [6.07, 6.45) is 0. The molecule has 0 spiro atoms. The van der Waals surface area contributed by atoms with Crippen molar-refractivity contribution in [1.29, 1.82) is 0 Å². The molecule has 1 aromatic rings. The van der Waals surface area contributed by atoms with Gasteiger partial charge in [-0.25, -0.2) is 0 Å². The Morgan fingerprint density at radius 2 is 1.83 bits per heavy atom. The molecule has 1 amide bonds. The molecule has 0 saturated heterocycles. The van der Waals surface area contributed by atoms with Crippen LogP contribution in [-0.2, 0) is 16.1 Å². The van der Waals surface area contributed by atoms with Gasteiger partial charge in [0.05, 0.1) is 27.4 Å². The van der Waals surface area contributed by atoms with Gasteiger partial charge in [-0.3, -0.25) is 9.79 Å². The van der Waals surface area contributed by atoms with Crippen LogP contribution in [0.3, 0.4) is 0 Å². The summed E-state index contributed by atoms with van der Waals surface area (Å²) in [6, 6.07) is 5.66. The van der Waals surface area contributed by atoms with Crippen molar-refractivity contribution in [2.24, 2.45) is 4.99 Å². The highest BCUT2D eigenvalue weighted by molar-refractivity contribution is 5.86. The van der Waals surface area contributed by atoms with Crippen molar-refractivity contribution in [3.63, 3.8) is 0 Å². The van der Waals surface area contributed by atoms with Gasteiger partial charge in [0.1, 0.15) is 0 Å². The minimum absolute atomic E-state index is 0.124. The van der Waals surface area contributed by atoms with Crippen LogP contribution < -0.4 is 25.4 Å².